The number of ether oxygens (including phenoxy) is 2. The summed E-state index contributed by atoms with van der Waals surface area (Å²) in [6, 6.07) is 15.5. The molecule has 6 rings (SSSR count). The van der Waals surface area contributed by atoms with Gasteiger partial charge in [-0.25, -0.2) is 14.5 Å². The topological polar surface area (TPSA) is 90.2 Å². The molecule has 8 heteroatoms. The van der Waals surface area contributed by atoms with E-state index in [1.165, 1.54) is 0 Å². The predicted octanol–water partition coefficient (Wildman–Crippen LogP) is 3.06. The first-order valence-corrected chi connectivity index (χ1v) is 8.41. The number of nitrogens with one attached hydrogen (secondary N) is 1. The fourth-order valence-electron chi connectivity index (χ4n) is 3.23. The summed E-state index contributed by atoms with van der Waals surface area (Å²) in [6.07, 6.45) is 1.67. The van der Waals surface area contributed by atoms with Gasteiger partial charge in [-0.1, -0.05) is 12.1 Å². The molecule has 130 valence electrons. The fourth-order valence-corrected chi connectivity index (χ4v) is 3.23. The van der Waals surface area contributed by atoms with Gasteiger partial charge in [-0.15, -0.1) is 5.10 Å². The van der Waals surface area contributed by atoms with Crippen molar-refractivity contribution in [3.8, 4) is 34.3 Å². The summed E-state index contributed by atoms with van der Waals surface area (Å²) in [6.45, 7) is 0.248. The van der Waals surface area contributed by atoms with Crippen molar-refractivity contribution in [1.29, 1.82) is 0 Å². The molecule has 0 radical (unpaired) electrons. The van der Waals surface area contributed by atoms with Crippen LogP contribution in [0.3, 0.4) is 0 Å². The van der Waals surface area contributed by atoms with Crippen molar-refractivity contribution in [3.63, 3.8) is 0 Å². The standard InChI is InChI=1S/C19H12N6O2/c1-2-4-13-12(3-1)19-21-18(24-25(19)9-20-13)15-8-14(22-23-15)11-5-6-16-17(7-11)27-10-26-16/h1-9H,10H2,(H,22,23). The molecule has 0 saturated heterocycles. The Hall–Kier alpha value is -3.94. The smallest absolute Gasteiger partial charge is 0.231 e. The Balaban J connectivity index is 1.44. The maximum absolute atomic E-state index is 5.44. The largest absolute Gasteiger partial charge is 0.454 e. The van der Waals surface area contributed by atoms with Gasteiger partial charge in [0.1, 0.15) is 12.0 Å². The number of aromatic amines is 1. The molecule has 0 fully saturated rings. The number of aromatic nitrogens is 6. The van der Waals surface area contributed by atoms with Crippen LogP contribution < -0.4 is 9.47 Å². The minimum Gasteiger partial charge on any atom is -0.454 e. The molecule has 0 amide bonds. The van der Waals surface area contributed by atoms with Gasteiger partial charge in [-0.2, -0.15) is 5.10 Å². The van der Waals surface area contributed by atoms with E-state index in [0.717, 1.165) is 45.0 Å². The average Bonchev–Trinajstić information content (AvgIpc) is 3.45. The molecule has 0 spiro atoms. The van der Waals surface area contributed by atoms with Crippen LogP contribution in [0.2, 0.25) is 0 Å². The van der Waals surface area contributed by atoms with Gasteiger partial charge in [0.05, 0.1) is 11.2 Å². The maximum Gasteiger partial charge on any atom is 0.231 e. The van der Waals surface area contributed by atoms with Crippen LogP contribution in [0.1, 0.15) is 0 Å². The molecule has 1 aliphatic heterocycles. The van der Waals surface area contributed by atoms with Gasteiger partial charge in [0.2, 0.25) is 6.79 Å². The van der Waals surface area contributed by atoms with Crippen LogP contribution >= 0.6 is 0 Å². The zero-order valence-electron chi connectivity index (χ0n) is 14.0. The van der Waals surface area contributed by atoms with E-state index in [-0.39, 0.29) is 6.79 Å². The third kappa shape index (κ3) is 2.16. The van der Waals surface area contributed by atoms with E-state index < -0.39 is 0 Å². The predicted molar refractivity (Wildman–Crippen MR) is 97.4 cm³/mol. The molecule has 2 aromatic carbocycles. The monoisotopic (exact) mass is 356 g/mol. The second-order valence-corrected chi connectivity index (χ2v) is 6.20. The highest BCUT2D eigenvalue weighted by Crippen LogP contribution is 2.36. The van der Waals surface area contributed by atoms with Crippen LogP contribution in [0.25, 0.3) is 39.3 Å². The minimum absolute atomic E-state index is 0.248. The SMILES string of the molecule is c1ccc2c(c1)ncn1nc(-c3cc(-c4ccc5c(c4)OCO5)n[nH]3)nc21. The van der Waals surface area contributed by atoms with Crippen LogP contribution in [0.15, 0.2) is 54.9 Å². The van der Waals surface area contributed by atoms with E-state index in [0.29, 0.717) is 5.82 Å². The Morgan fingerprint density at radius 3 is 2.93 bits per heavy atom. The van der Waals surface area contributed by atoms with Crippen LogP contribution in [0.5, 0.6) is 11.5 Å². The number of H-pyrrole nitrogens is 1. The zero-order valence-corrected chi connectivity index (χ0v) is 14.0. The Morgan fingerprint density at radius 2 is 1.93 bits per heavy atom. The molecule has 8 nitrogen and oxygen atoms in total. The lowest BCUT2D eigenvalue weighted by Crippen LogP contribution is -1.92. The Bertz CT molecular complexity index is 1320. The van der Waals surface area contributed by atoms with Crippen molar-refractivity contribution in [3.05, 3.63) is 54.9 Å². The van der Waals surface area contributed by atoms with Crippen LogP contribution in [-0.4, -0.2) is 36.6 Å². The summed E-state index contributed by atoms with van der Waals surface area (Å²) in [7, 11) is 0. The van der Waals surface area contributed by atoms with Crippen LogP contribution in [-0.2, 0) is 0 Å². The lowest BCUT2D eigenvalue weighted by molar-refractivity contribution is 0.174. The molecule has 0 saturated carbocycles. The summed E-state index contributed by atoms with van der Waals surface area (Å²) < 4.78 is 12.5. The van der Waals surface area contributed by atoms with E-state index in [4.69, 9.17) is 9.47 Å². The van der Waals surface area contributed by atoms with Gasteiger partial charge in [-0.05, 0) is 36.4 Å². The fraction of sp³-hybridized carbons (Fsp3) is 0.0526. The maximum atomic E-state index is 5.44. The highest BCUT2D eigenvalue weighted by Gasteiger charge is 2.17. The molecule has 0 bridgehead atoms. The van der Waals surface area contributed by atoms with Gasteiger partial charge >= 0.3 is 0 Å². The second kappa shape index (κ2) is 5.28. The molecule has 5 aromatic rings. The van der Waals surface area contributed by atoms with E-state index in [1.54, 1.807) is 10.8 Å². The van der Waals surface area contributed by atoms with Crippen molar-refractivity contribution in [2.45, 2.75) is 0 Å². The van der Waals surface area contributed by atoms with Gasteiger partial charge in [-0.3, -0.25) is 5.10 Å². The summed E-state index contributed by atoms with van der Waals surface area (Å²) in [5, 5.41) is 12.9. The van der Waals surface area contributed by atoms with E-state index >= 15 is 0 Å². The molecule has 0 unspecified atom stereocenters. The van der Waals surface area contributed by atoms with E-state index in [2.05, 4.69) is 25.3 Å². The summed E-state index contributed by atoms with van der Waals surface area (Å²) in [5.74, 6) is 2.03. The molecule has 1 aliphatic rings. The Labute approximate surface area is 152 Å². The molecule has 1 N–H and O–H groups in total. The number of fused-ring (bicyclic) bond motifs is 4. The molecule has 27 heavy (non-hydrogen) atoms. The molecule has 4 heterocycles. The first kappa shape index (κ1) is 14.3. The van der Waals surface area contributed by atoms with Gasteiger partial charge in [0.25, 0.3) is 0 Å². The lowest BCUT2D eigenvalue weighted by atomic mass is 10.1. The molecular weight excluding hydrogens is 344 g/mol. The number of para-hydroxylation sites is 1. The summed E-state index contributed by atoms with van der Waals surface area (Å²) in [4.78, 5) is 9.08. The first-order valence-electron chi connectivity index (χ1n) is 8.41. The van der Waals surface area contributed by atoms with E-state index in [1.807, 2.05) is 48.5 Å². The molecule has 0 aliphatic carbocycles. The first-order chi connectivity index (χ1) is 13.3. The Kier molecular flexibility index (Phi) is 2.79. The highest BCUT2D eigenvalue weighted by atomic mass is 16.7. The minimum atomic E-state index is 0.248. The third-order valence-corrected chi connectivity index (χ3v) is 4.57. The highest BCUT2D eigenvalue weighted by molar-refractivity contribution is 5.91. The number of rotatable bonds is 2. The number of nitrogens with zero attached hydrogens (tertiary/aromatic N) is 5. The lowest BCUT2D eigenvalue weighted by Gasteiger charge is -1.98. The van der Waals surface area contributed by atoms with Crippen molar-refractivity contribution in [2.24, 2.45) is 0 Å². The van der Waals surface area contributed by atoms with Crippen molar-refractivity contribution >= 4 is 16.6 Å². The number of hydrogen-bond donors (Lipinski definition) is 1. The van der Waals surface area contributed by atoms with Gasteiger partial charge < -0.3 is 9.47 Å². The zero-order chi connectivity index (χ0) is 17.8. The number of hydrogen-bond acceptors (Lipinski definition) is 6. The molecular formula is C19H12N6O2. The van der Waals surface area contributed by atoms with Gasteiger partial charge in [0.15, 0.2) is 23.0 Å². The van der Waals surface area contributed by atoms with Crippen LogP contribution in [0.4, 0.5) is 0 Å². The normalized spacial score (nSPS) is 12.9. The average molecular weight is 356 g/mol. The second-order valence-electron chi connectivity index (χ2n) is 6.20. The third-order valence-electron chi connectivity index (χ3n) is 4.57. The van der Waals surface area contributed by atoms with Crippen molar-refractivity contribution in [2.75, 3.05) is 6.79 Å². The van der Waals surface area contributed by atoms with Gasteiger partial charge in [0, 0.05) is 10.9 Å². The number of benzene rings is 2. The Morgan fingerprint density at radius 1 is 1.00 bits per heavy atom. The van der Waals surface area contributed by atoms with E-state index in [9.17, 15) is 0 Å². The van der Waals surface area contributed by atoms with Crippen LogP contribution in [0, 0.1) is 0 Å². The van der Waals surface area contributed by atoms with Crippen molar-refractivity contribution in [1.82, 2.24) is 29.8 Å². The molecule has 0 atom stereocenters. The summed E-state index contributed by atoms with van der Waals surface area (Å²) in [5.41, 5.74) is 4.09. The quantitative estimate of drug-likeness (QED) is 0.523. The molecule has 3 aromatic heterocycles. The van der Waals surface area contributed by atoms with Crippen molar-refractivity contribution < 1.29 is 9.47 Å². The summed E-state index contributed by atoms with van der Waals surface area (Å²) >= 11 is 0.